The quantitative estimate of drug-likeness (QED) is 0.649. The molecule has 1 aromatic carbocycles. The van der Waals surface area contributed by atoms with Crippen molar-refractivity contribution < 1.29 is 4.74 Å². The Hall–Kier alpha value is -2.67. The molecule has 126 valence electrons. The fourth-order valence-corrected chi connectivity index (χ4v) is 2.71. The molecule has 2 heterocycles. The lowest BCUT2D eigenvalue weighted by Crippen LogP contribution is -2.44. The SMILES string of the molecule is COc1ccc(N)c(C(=N)c2cc(N3CCN(C)CC3)ncn2)c1. The molecule has 1 saturated heterocycles. The summed E-state index contributed by atoms with van der Waals surface area (Å²) in [6.45, 7) is 3.84. The summed E-state index contributed by atoms with van der Waals surface area (Å²) in [6, 6.07) is 7.13. The van der Waals surface area contributed by atoms with Crippen molar-refractivity contribution in [1.29, 1.82) is 5.41 Å². The first-order valence-electron chi connectivity index (χ1n) is 7.87. The van der Waals surface area contributed by atoms with Crippen LogP contribution in [0, 0.1) is 5.41 Å². The summed E-state index contributed by atoms with van der Waals surface area (Å²) in [6.07, 6.45) is 1.51. The van der Waals surface area contributed by atoms with Crippen LogP contribution in [-0.2, 0) is 0 Å². The van der Waals surface area contributed by atoms with Gasteiger partial charge in [-0.25, -0.2) is 9.97 Å². The minimum atomic E-state index is 0.268. The number of hydrogen-bond acceptors (Lipinski definition) is 7. The number of nitrogens with two attached hydrogens (primary N) is 1. The largest absolute Gasteiger partial charge is 0.497 e. The highest BCUT2D eigenvalue weighted by Gasteiger charge is 2.18. The number of nitrogens with zero attached hydrogens (tertiary/aromatic N) is 4. The molecular formula is C17H22N6O. The van der Waals surface area contributed by atoms with Crippen molar-refractivity contribution in [2.45, 2.75) is 0 Å². The van der Waals surface area contributed by atoms with Crippen LogP contribution in [0.1, 0.15) is 11.3 Å². The van der Waals surface area contributed by atoms with Crippen molar-refractivity contribution in [3.8, 4) is 5.75 Å². The zero-order valence-corrected chi connectivity index (χ0v) is 14.0. The number of piperazine rings is 1. The van der Waals surface area contributed by atoms with Crippen molar-refractivity contribution in [2.24, 2.45) is 0 Å². The zero-order valence-electron chi connectivity index (χ0n) is 14.0. The summed E-state index contributed by atoms with van der Waals surface area (Å²) < 4.78 is 5.23. The first-order chi connectivity index (χ1) is 11.6. The van der Waals surface area contributed by atoms with E-state index in [-0.39, 0.29) is 5.71 Å². The number of rotatable bonds is 4. The first-order valence-corrected chi connectivity index (χ1v) is 7.87. The molecule has 0 aliphatic carbocycles. The van der Waals surface area contributed by atoms with Gasteiger partial charge in [-0.15, -0.1) is 0 Å². The van der Waals surface area contributed by atoms with E-state index in [1.165, 1.54) is 6.33 Å². The van der Waals surface area contributed by atoms with Crippen molar-refractivity contribution in [3.05, 3.63) is 41.9 Å². The summed E-state index contributed by atoms with van der Waals surface area (Å²) in [7, 11) is 3.71. The van der Waals surface area contributed by atoms with Crippen molar-refractivity contribution in [1.82, 2.24) is 14.9 Å². The van der Waals surface area contributed by atoms with E-state index in [2.05, 4.69) is 26.8 Å². The second-order valence-electron chi connectivity index (χ2n) is 5.88. The third-order valence-electron chi connectivity index (χ3n) is 4.27. The van der Waals surface area contributed by atoms with Gasteiger partial charge < -0.3 is 20.3 Å². The van der Waals surface area contributed by atoms with Crippen LogP contribution < -0.4 is 15.4 Å². The molecule has 0 saturated carbocycles. The van der Waals surface area contributed by atoms with Gasteiger partial charge in [0, 0.05) is 43.5 Å². The van der Waals surface area contributed by atoms with Crippen LogP contribution in [0.25, 0.3) is 0 Å². The Morgan fingerprint density at radius 2 is 1.92 bits per heavy atom. The summed E-state index contributed by atoms with van der Waals surface area (Å²) in [4.78, 5) is 13.1. The summed E-state index contributed by atoms with van der Waals surface area (Å²) >= 11 is 0. The van der Waals surface area contributed by atoms with Crippen LogP contribution in [0.2, 0.25) is 0 Å². The van der Waals surface area contributed by atoms with Gasteiger partial charge in [0.2, 0.25) is 0 Å². The van der Waals surface area contributed by atoms with E-state index < -0.39 is 0 Å². The van der Waals surface area contributed by atoms with E-state index in [0.29, 0.717) is 22.7 Å². The topological polar surface area (TPSA) is 91.4 Å². The predicted octanol–water partition coefficient (Wildman–Crippen LogP) is 1.24. The lowest BCUT2D eigenvalue weighted by molar-refractivity contribution is 0.312. The van der Waals surface area contributed by atoms with E-state index in [4.69, 9.17) is 15.9 Å². The first kappa shape index (κ1) is 16.2. The number of aromatic nitrogens is 2. The highest BCUT2D eigenvalue weighted by Crippen LogP contribution is 2.23. The third-order valence-corrected chi connectivity index (χ3v) is 4.27. The number of ether oxygens (including phenoxy) is 1. The second-order valence-corrected chi connectivity index (χ2v) is 5.88. The fourth-order valence-electron chi connectivity index (χ4n) is 2.71. The number of nitrogen functional groups attached to an aromatic ring is 1. The molecule has 0 atom stereocenters. The van der Waals surface area contributed by atoms with Gasteiger partial charge in [-0.1, -0.05) is 0 Å². The van der Waals surface area contributed by atoms with E-state index in [1.54, 1.807) is 25.3 Å². The average Bonchev–Trinajstić information content (AvgIpc) is 2.62. The van der Waals surface area contributed by atoms with Crippen LogP contribution >= 0.6 is 0 Å². The summed E-state index contributed by atoms with van der Waals surface area (Å²) in [5.41, 5.74) is 7.98. The molecule has 0 spiro atoms. The molecule has 3 rings (SSSR count). The average molecular weight is 326 g/mol. The highest BCUT2D eigenvalue weighted by molar-refractivity contribution is 6.13. The highest BCUT2D eigenvalue weighted by atomic mass is 16.5. The molecule has 1 aromatic heterocycles. The fraction of sp³-hybridized carbons (Fsp3) is 0.353. The maximum atomic E-state index is 8.47. The van der Waals surface area contributed by atoms with Crippen LogP contribution in [0.15, 0.2) is 30.6 Å². The molecule has 1 fully saturated rings. The van der Waals surface area contributed by atoms with Gasteiger partial charge in [0.05, 0.1) is 18.5 Å². The van der Waals surface area contributed by atoms with Crippen LogP contribution in [0.3, 0.4) is 0 Å². The van der Waals surface area contributed by atoms with Gasteiger partial charge in [-0.3, -0.25) is 5.41 Å². The number of methoxy groups -OCH3 is 1. The number of hydrogen-bond donors (Lipinski definition) is 2. The molecule has 1 aliphatic heterocycles. The smallest absolute Gasteiger partial charge is 0.132 e. The van der Waals surface area contributed by atoms with E-state index >= 15 is 0 Å². The normalized spacial score (nSPS) is 15.3. The van der Waals surface area contributed by atoms with Crippen LogP contribution in [0.4, 0.5) is 11.5 Å². The Morgan fingerprint density at radius 1 is 1.17 bits per heavy atom. The van der Waals surface area contributed by atoms with Gasteiger partial charge in [-0.05, 0) is 25.2 Å². The zero-order chi connectivity index (χ0) is 17.1. The van der Waals surface area contributed by atoms with E-state index in [9.17, 15) is 0 Å². The van der Waals surface area contributed by atoms with Gasteiger partial charge in [0.15, 0.2) is 0 Å². The van der Waals surface area contributed by atoms with Gasteiger partial charge in [0.25, 0.3) is 0 Å². The lowest BCUT2D eigenvalue weighted by atomic mass is 10.0. The van der Waals surface area contributed by atoms with Crippen molar-refractivity contribution in [3.63, 3.8) is 0 Å². The Bertz CT molecular complexity index is 740. The van der Waals surface area contributed by atoms with E-state index in [0.717, 1.165) is 32.0 Å². The number of anilines is 2. The molecule has 7 heteroatoms. The lowest BCUT2D eigenvalue weighted by Gasteiger charge is -2.33. The molecule has 1 aliphatic rings. The predicted molar refractivity (Wildman–Crippen MR) is 95.1 cm³/mol. The molecule has 7 nitrogen and oxygen atoms in total. The van der Waals surface area contributed by atoms with Gasteiger partial charge in [-0.2, -0.15) is 0 Å². The Kier molecular flexibility index (Phi) is 4.61. The molecule has 0 radical (unpaired) electrons. The second kappa shape index (κ2) is 6.84. The summed E-state index contributed by atoms with van der Waals surface area (Å²) in [5, 5.41) is 8.47. The molecule has 24 heavy (non-hydrogen) atoms. The van der Waals surface area contributed by atoms with Gasteiger partial charge >= 0.3 is 0 Å². The number of nitrogens with one attached hydrogen (secondary N) is 1. The molecule has 2 aromatic rings. The van der Waals surface area contributed by atoms with Crippen LogP contribution in [0.5, 0.6) is 5.75 Å². The van der Waals surface area contributed by atoms with Crippen LogP contribution in [-0.4, -0.2) is 60.9 Å². The maximum absolute atomic E-state index is 8.47. The Balaban J connectivity index is 1.87. The number of likely N-dealkylation sites (N-methyl/N-ethyl adjacent to an activating group) is 1. The molecular weight excluding hydrogens is 304 g/mol. The van der Waals surface area contributed by atoms with Gasteiger partial charge in [0.1, 0.15) is 17.9 Å². The Labute approximate surface area is 141 Å². The molecule has 0 bridgehead atoms. The standard InChI is InChI=1S/C17H22N6O/c1-22-5-7-23(8-6-22)16-10-15(20-11-21-16)17(19)13-9-12(24-2)3-4-14(13)18/h3-4,9-11,19H,5-8,18H2,1-2H3. The minimum Gasteiger partial charge on any atom is -0.497 e. The third kappa shape index (κ3) is 3.30. The minimum absolute atomic E-state index is 0.268. The van der Waals surface area contributed by atoms with E-state index in [1.807, 2.05) is 6.07 Å². The number of benzene rings is 1. The monoisotopic (exact) mass is 326 g/mol. The summed E-state index contributed by atoms with van der Waals surface area (Å²) in [5.74, 6) is 1.51. The Morgan fingerprint density at radius 3 is 2.62 bits per heavy atom. The maximum Gasteiger partial charge on any atom is 0.132 e. The molecule has 0 unspecified atom stereocenters. The molecule has 3 N–H and O–H groups in total. The van der Waals surface area contributed by atoms with Crippen molar-refractivity contribution in [2.75, 3.05) is 51.0 Å². The van der Waals surface area contributed by atoms with Crippen molar-refractivity contribution >= 4 is 17.2 Å². The molecule has 0 amide bonds.